The molecule has 5 heteroatoms. The SMILES string of the molecule is CCn1cncc1C(CN)N(C)CCOCC1CC1. The molecule has 0 saturated heterocycles. The number of nitrogens with two attached hydrogens (primary N) is 1. The smallest absolute Gasteiger partial charge is 0.0948 e. The van der Waals surface area contributed by atoms with Crippen molar-refractivity contribution < 1.29 is 4.74 Å². The Bertz CT molecular complexity index is 375. The van der Waals surface area contributed by atoms with E-state index in [9.17, 15) is 0 Å². The molecule has 2 N–H and O–H groups in total. The van der Waals surface area contributed by atoms with Gasteiger partial charge in [0, 0.05) is 32.4 Å². The fraction of sp³-hybridized carbons (Fsp3) is 0.786. The fourth-order valence-corrected chi connectivity index (χ4v) is 2.30. The molecule has 1 aliphatic carbocycles. The molecule has 0 radical (unpaired) electrons. The number of nitrogens with zero attached hydrogens (tertiary/aromatic N) is 3. The van der Waals surface area contributed by atoms with Gasteiger partial charge in [0.15, 0.2) is 0 Å². The molecule has 108 valence electrons. The van der Waals surface area contributed by atoms with Crippen molar-refractivity contribution in [2.75, 3.05) is 33.4 Å². The highest BCUT2D eigenvalue weighted by Crippen LogP contribution is 2.28. The second-order valence-corrected chi connectivity index (χ2v) is 5.35. The van der Waals surface area contributed by atoms with Crippen LogP contribution in [-0.2, 0) is 11.3 Å². The summed E-state index contributed by atoms with van der Waals surface area (Å²) in [5.74, 6) is 0.831. The minimum atomic E-state index is 0.215. The summed E-state index contributed by atoms with van der Waals surface area (Å²) >= 11 is 0. The van der Waals surface area contributed by atoms with Crippen LogP contribution in [0.15, 0.2) is 12.5 Å². The van der Waals surface area contributed by atoms with Crippen LogP contribution in [0.3, 0.4) is 0 Å². The highest BCUT2D eigenvalue weighted by atomic mass is 16.5. The fourth-order valence-electron chi connectivity index (χ4n) is 2.30. The summed E-state index contributed by atoms with van der Waals surface area (Å²) in [6.07, 6.45) is 6.48. The molecule has 1 unspecified atom stereocenters. The van der Waals surface area contributed by atoms with Crippen molar-refractivity contribution in [2.24, 2.45) is 11.7 Å². The first-order valence-electron chi connectivity index (χ1n) is 7.24. The Labute approximate surface area is 115 Å². The summed E-state index contributed by atoms with van der Waals surface area (Å²) in [5, 5.41) is 0. The largest absolute Gasteiger partial charge is 0.380 e. The first-order valence-corrected chi connectivity index (χ1v) is 7.24. The zero-order valence-corrected chi connectivity index (χ0v) is 12.1. The van der Waals surface area contributed by atoms with Crippen LogP contribution < -0.4 is 5.73 Å². The molecule has 0 amide bonds. The molecule has 1 aromatic heterocycles. The number of likely N-dealkylation sites (N-methyl/N-ethyl adjacent to an activating group) is 1. The highest BCUT2D eigenvalue weighted by molar-refractivity contribution is 5.06. The monoisotopic (exact) mass is 266 g/mol. The molecule has 1 aliphatic rings. The predicted molar refractivity (Wildman–Crippen MR) is 75.9 cm³/mol. The molecule has 1 fully saturated rings. The van der Waals surface area contributed by atoms with Crippen LogP contribution in [0.5, 0.6) is 0 Å². The lowest BCUT2D eigenvalue weighted by atomic mass is 10.2. The van der Waals surface area contributed by atoms with Crippen molar-refractivity contribution in [3.05, 3.63) is 18.2 Å². The van der Waals surface area contributed by atoms with E-state index in [4.69, 9.17) is 10.5 Å². The summed E-state index contributed by atoms with van der Waals surface area (Å²) in [7, 11) is 2.10. The Balaban J connectivity index is 1.81. The normalized spacial score (nSPS) is 17.1. The van der Waals surface area contributed by atoms with E-state index in [2.05, 4.69) is 28.4 Å². The maximum absolute atomic E-state index is 5.93. The molecule has 2 rings (SSSR count). The van der Waals surface area contributed by atoms with E-state index in [0.717, 1.165) is 32.2 Å². The van der Waals surface area contributed by atoms with Crippen LogP contribution in [0.2, 0.25) is 0 Å². The third kappa shape index (κ3) is 4.03. The quantitative estimate of drug-likeness (QED) is 0.684. The van der Waals surface area contributed by atoms with Gasteiger partial charge in [-0.25, -0.2) is 4.98 Å². The van der Waals surface area contributed by atoms with E-state index in [1.165, 1.54) is 18.5 Å². The summed E-state index contributed by atoms with van der Waals surface area (Å²) in [6, 6.07) is 0.215. The summed E-state index contributed by atoms with van der Waals surface area (Å²) in [5.41, 5.74) is 7.12. The topological polar surface area (TPSA) is 56.3 Å². The van der Waals surface area contributed by atoms with Gasteiger partial charge in [0.1, 0.15) is 0 Å². The van der Waals surface area contributed by atoms with E-state index in [0.29, 0.717) is 6.54 Å². The van der Waals surface area contributed by atoms with E-state index < -0.39 is 0 Å². The number of aryl methyl sites for hydroxylation is 1. The van der Waals surface area contributed by atoms with Gasteiger partial charge in [-0.15, -0.1) is 0 Å². The van der Waals surface area contributed by atoms with Gasteiger partial charge in [0.25, 0.3) is 0 Å². The van der Waals surface area contributed by atoms with Crippen molar-refractivity contribution >= 4 is 0 Å². The zero-order chi connectivity index (χ0) is 13.7. The van der Waals surface area contributed by atoms with Crippen molar-refractivity contribution in [1.29, 1.82) is 0 Å². The molecule has 19 heavy (non-hydrogen) atoms. The molecular weight excluding hydrogens is 240 g/mol. The molecule has 1 heterocycles. The second-order valence-electron chi connectivity index (χ2n) is 5.35. The number of hydrogen-bond donors (Lipinski definition) is 1. The molecule has 1 aromatic rings. The van der Waals surface area contributed by atoms with E-state index >= 15 is 0 Å². The zero-order valence-electron chi connectivity index (χ0n) is 12.1. The average molecular weight is 266 g/mol. The molecule has 5 nitrogen and oxygen atoms in total. The van der Waals surface area contributed by atoms with E-state index in [1.54, 1.807) is 0 Å². The van der Waals surface area contributed by atoms with Crippen molar-refractivity contribution in [3.63, 3.8) is 0 Å². The summed E-state index contributed by atoms with van der Waals surface area (Å²) in [6.45, 7) is 6.27. The van der Waals surface area contributed by atoms with Crippen LogP contribution >= 0.6 is 0 Å². The van der Waals surface area contributed by atoms with Crippen LogP contribution in [0.25, 0.3) is 0 Å². The van der Waals surface area contributed by atoms with Crippen molar-refractivity contribution in [1.82, 2.24) is 14.5 Å². The number of ether oxygens (including phenoxy) is 1. The second kappa shape index (κ2) is 7.03. The molecule has 0 bridgehead atoms. The lowest BCUT2D eigenvalue weighted by molar-refractivity contribution is 0.0911. The van der Waals surface area contributed by atoms with Gasteiger partial charge in [-0.2, -0.15) is 0 Å². The van der Waals surface area contributed by atoms with Crippen LogP contribution in [0.4, 0.5) is 0 Å². The third-order valence-corrected chi connectivity index (χ3v) is 3.82. The highest BCUT2D eigenvalue weighted by Gasteiger charge is 2.22. The standard InChI is InChI=1S/C14H26N4O/c1-3-18-11-16-9-14(18)13(8-15)17(2)6-7-19-10-12-4-5-12/h9,11-13H,3-8,10,15H2,1-2H3. The van der Waals surface area contributed by atoms with Crippen molar-refractivity contribution in [2.45, 2.75) is 32.4 Å². The molecule has 0 aromatic carbocycles. The molecular formula is C14H26N4O. The van der Waals surface area contributed by atoms with Gasteiger partial charge in [0.2, 0.25) is 0 Å². The number of rotatable bonds is 9. The van der Waals surface area contributed by atoms with Crippen molar-refractivity contribution in [3.8, 4) is 0 Å². The minimum Gasteiger partial charge on any atom is -0.380 e. The molecule has 0 spiro atoms. The lowest BCUT2D eigenvalue weighted by Crippen LogP contribution is -2.34. The van der Waals surface area contributed by atoms with Gasteiger partial charge in [0.05, 0.1) is 24.7 Å². The average Bonchev–Trinajstić information content (AvgIpc) is 3.13. The minimum absolute atomic E-state index is 0.215. The van der Waals surface area contributed by atoms with Gasteiger partial charge >= 0.3 is 0 Å². The maximum Gasteiger partial charge on any atom is 0.0948 e. The van der Waals surface area contributed by atoms with Gasteiger partial charge in [-0.05, 0) is 32.7 Å². The Kier molecular flexibility index (Phi) is 5.36. The van der Waals surface area contributed by atoms with Gasteiger partial charge in [-0.1, -0.05) is 0 Å². The summed E-state index contributed by atoms with van der Waals surface area (Å²) in [4.78, 5) is 6.48. The van der Waals surface area contributed by atoms with Crippen LogP contribution in [0, 0.1) is 5.92 Å². The Morgan fingerprint density at radius 1 is 1.58 bits per heavy atom. The van der Waals surface area contributed by atoms with Gasteiger partial charge < -0.3 is 15.0 Å². The number of imidazole rings is 1. The Morgan fingerprint density at radius 2 is 2.37 bits per heavy atom. The van der Waals surface area contributed by atoms with E-state index in [1.807, 2.05) is 12.5 Å². The summed E-state index contributed by atoms with van der Waals surface area (Å²) < 4.78 is 7.84. The van der Waals surface area contributed by atoms with Gasteiger partial charge in [-0.3, -0.25) is 4.90 Å². The first kappa shape index (κ1) is 14.5. The van der Waals surface area contributed by atoms with E-state index in [-0.39, 0.29) is 6.04 Å². The molecule has 1 atom stereocenters. The molecule has 0 aliphatic heterocycles. The maximum atomic E-state index is 5.93. The third-order valence-electron chi connectivity index (χ3n) is 3.82. The van der Waals surface area contributed by atoms with Crippen LogP contribution in [-0.4, -0.2) is 47.8 Å². The predicted octanol–water partition coefficient (Wildman–Crippen LogP) is 1.26. The first-order chi connectivity index (χ1) is 9.26. The Morgan fingerprint density at radius 3 is 3.00 bits per heavy atom. The number of hydrogen-bond acceptors (Lipinski definition) is 4. The molecule has 1 saturated carbocycles. The Hall–Kier alpha value is -0.910. The lowest BCUT2D eigenvalue weighted by Gasteiger charge is -2.27. The number of aromatic nitrogens is 2. The van der Waals surface area contributed by atoms with Crippen LogP contribution in [0.1, 0.15) is 31.5 Å².